The fourth-order valence-electron chi connectivity index (χ4n) is 3.55. The van der Waals surface area contributed by atoms with Crippen molar-refractivity contribution in [3.05, 3.63) is 81.0 Å². The summed E-state index contributed by atoms with van der Waals surface area (Å²) >= 11 is 0. The van der Waals surface area contributed by atoms with Crippen LogP contribution >= 0.6 is 0 Å². The summed E-state index contributed by atoms with van der Waals surface area (Å²) in [7, 11) is 1.54. The van der Waals surface area contributed by atoms with Crippen LogP contribution < -0.4 is 5.43 Å². The Morgan fingerprint density at radius 3 is 2.59 bits per heavy atom. The van der Waals surface area contributed by atoms with Gasteiger partial charge in [0.15, 0.2) is 5.43 Å². The van der Waals surface area contributed by atoms with E-state index in [0.29, 0.717) is 28.7 Å². The quantitative estimate of drug-likeness (QED) is 0.709. The monoisotopic (exact) mass is 367 g/mol. The maximum Gasteiger partial charge on any atom is 0.290 e. The van der Waals surface area contributed by atoms with Gasteiger partial charge in [0.05, 0.1) is 23.6 Å². The van der Waals surface area contributed by atoms with Crippen LogP contribution in [0.5, 0.6) is 0 Å². The van der Waals surface area contributed by atoms with Gasteiger partial charge in [-0.3, -0.25) is 9.59 Å². The van der Waals surface area contributed by atoms with Crippen molar-refractivity contribution < 1.29 is 18.3 Å². The minimum absolute atomic E-state index is 0.0433. The molecule has 1 amide bonds. The Kier molecular flexibility index (Phi) is 4.28. The Bertz CT molecular complexity index is 1090. The van der Waals surface area contributed by atoms with E-state index >= 15 is 0 Å². The minimum Gasteiger partial charge on any atom is -0.450 e. The maximum atomic E-state index is 13.4. The number of hydrogen-bond acceptors (Lipinski definition) is 4. The number of carbonyl (C=O) groups excluding carboxylic acids is 1. The first-order valence-corrected chi connectivity index (χ1v) is 8.64. The van der Waals surface area contributed by atoms with Gasteiger partial charge in [-0.15, -0.1) is 0 Å². The van der Waals surface area contributed by atoms with Crippen LogP contribution in [-0.4, -0.2) is 31.1 Å². The third-order valence-electron chi connectivity index (χ3n) is 4.84. The van der Waals surface area contributed by atoms with E-state index in [4.69, 9.17) is 9.15 Å². The van der Waals surface area contributed by atoms with E-state index in [1.54, 1.807) is 31.4 Å². The van der Waals surface area contributed by atoms with Gasteiger partial charge < -0.3 is 14.1 Å². The highest BCUT2D eigenvalue weighted by Crippen LogP contribution is 2.38. The number of amides is 1. The van der Waals surface area contributed by atoms with Crippen LogP contribution in [0.2, 0.25) is 0 Å². The predicted molar refractivity (Wildman–Crippen MR) is 98.4 cm³/mol. The number of nitrogens with zero attached hydrogens (tertiary/aromatic N) is 1. The molecule has 1 aromatic heterocycles. The minimum atomic E-state index is -0.635. The molecule has 27 heavy (non-hydrogen) atoms. The summed E-state index contributed by atoms with van der Waals surface area (Å²) in [5.41, 5.74) is 2.01. The molecule has 4 rings (SSSR count). The van der Waals surface area contributed by atoms with Gasteiger partial charge in [-0.25, -0.2) is 4.39 Å². The number of methoxy groups -OCH3 is 1. The van der Waals surface area contributed by atoms with Crippen LogP contribution in [0.1, 0.15) is 33.3 Å². The Hall–Kier alpha value is -2.99. The highest BCUT2D eigenvalue weighted by atomic mass is 19.1. The molecular formula is C21H18FNO4. The predicted octanol–water partition coefficient (Wildman–Crippen LogP) is 3.43. The number of rotatable bonds is 4. The summed E-state index contributed by atoms with van der Waals surface area (Å²) in [4.78, 5) is 27.8. The second-order valence-electron chi connectivity index (χ2n) is 6.62. The van der Waals surface area contributed by atoms with Gasteiger partial charge in [0.2, 0.25) is 5.76 Å². The fourth-order valence-corrected chi connectivity index (χ4v) is 3.55. The van der Waals surface area contributed by atoms with Gasteiger partial charge in [-0.1, -0.05) is 23.8 Å². The molecule has 0 aliphatic carbocycles. The summed E-state index contributed by atoms with van der Waals surface area (Å²) in [5, 5.41) is 0.433. The van der Waals surface area contributed by atoms with Crippen LogP contribution in [0.4, 0.5) is 4.39 Å². The summed E-state index contributed by atoms with van der Waals surface area (Å²) in [5.74, 6) is -0.703. The molecule has 6 heteroatoms. The van der Waals surface area contributed by atoms with Gasteiger partial charge in [0, 0.05) is 13.7 Å². The average Bonchev–Trinajstić information content (AvgIpc) is 2.94. The molecule has 0 spiro atoms. The van der Waals surface area contributed by atoms with Crippen molar-refractivity contribution in [2.24, 2.45) is 0 Å². The number of benzene rings is 2. The first-order valence-electron chi connectivity index (χ1n) is 8.64. The highest BCUT2D eigenvalue weighted by molar-refractivity contribution is 5.99. The van der Waals surface area contributed by atoms with E-state index in [2.05, 4.69) is 0 Å². The van der Waals surface area contributed by atoms with E-state index in [0.717, 1.165) is 5.56 Å². The van der Waals surface area contributed by atoms with Crippen LogP contribution in [-0.2, 0) is 4.74 Å². The average molecular weight is 367 g/mol. The van der Waals surface area contributed by atoms with Crippen molar-refractivity contribution in [1.82, 2.24) is 4.90 Å². The molecule has 1 aliphatic rings. The summed E-state index contributed by atoms with van der Waals surface area (Å²) in [6.45, 7) is 2.49. The van der Waals surface area contributed by atoms with E-state index < -0.39 is 6.04 Å². The van der Waals surface area contributed by atoms with Crippen LogP contribution in [0, 0.1) is 12.7 Å². The van der Waals surface area contributed by atoms with E-state index in [1.807, 2.05) is 13.0 Å². The number of aryl methyl sites for hydroxylation is 1. The zero-order valence-corrected chi connectivity index (χ0v) is 15.0. The van der Waals surface area contributed by atoms with E-state index in [9.17, 15) is 14.0 Å². The maximum absolute atomic E-state index is 13.4. The van der Waals surface area contributed by atoms with Crippen molar-refractivity contribution in [1.29, 1.82) is 0 Å². The molecule has 0 saturated heterocycles. The van der Waals surface area contributed by atoms with Gasteiger partial charge in [-0.05, 0) is 36.8 Å². The Morgan fingerprint density at radius 2 is 1.89 bits per heavy atom. The number of carbonyl (C=O) groups is 1. The van der Waals surface area contributed by atoms with Crippen molar-refractivity contribution in [3.63, 3.8) is 0 Å². The van der Waals surface area contributed by atoms with Gasteiger partial charge in [-0.2, -0.15) is 0 Å². The molecule has 2 aromatic carbocycles. The third kappa shape index (κ3) is 2.82. The smallest absolute Gasteiger partial charge is 0.290 e. The van der Waals surface area contributed by atoms with Crippen molar-refractivity contribution in [2.75, 3.05) is 20.3 Å². The van der Waals surface area contributed by atoms with Crippen molar-refractivity contribution >= 4 is 16.9 Å². The molecular weight excluding hydrogens is 349 g/mol. The van der Waals surface area contributed by atoms with Crippen LogP contribution in [0.15, 0.2) is 51.7 Å². The second kappa shape index (κ2) is 6.63. The molecule has 0 unspecified atom stereocenters. The molecule has 1 aliphatic heterocycles. The standard InChI is InChI=1S/C21H18FNO4/c1-12-3-8-16-15(11-12)19(24)17-18(13-4-6-14(22)7-5-13)23(9-10-26-2)21(25)20(17)27-16/h3-8,11,18H,9-10H2,1-2H3/t18-/m0/s1. The lowest BCUT2D eigenvalue weighted by atomic mass is 9.98. The molecule has 2 heterocycles. The molecule has 5 nitrogen and oxygen atoms in total. The Labute approximate surface area is 155 Å². The van der Waals surface area contributed by atoms with Gasteiger partial charge in [0.1, 0.15) is 11.4 Å². The number of hydrogen-bond donors (Lipinski definition) is 0. The zero-order valence-electron chi connectivity index (χ0n) is 15.0. The van der Waals surface area contributed by atoms with Crippen LogP contribution in [0.3, 0.4) is 0 Å². The van der Waals surface area contributed by atoms with Crippen molar-refractivity contribution in [3.8, 4) is 0 Å². The number of halogens is 1. The normalized spacial score (nSPS) is 16.2. The molecule has 0 fully saturated rings. The molecule has 0 bridgehead atoms. The van der Waals surface area contributed by atoms with Gasteiger partial charge in [0.25, 0.3) is 5.91 Å². The topological polar surface area (TPSA) is 59.8 Å². The molecule has 0 radical (unpaired) electrons. The Morgan fingerprint density at radius 1 is 1.15 bits per heavy atom. The van der Waals surface area contributed by atoms with Gasteiger partial charge >= 0.3 is 0 Å². The molecule has 3 aromatic rings. The largest absolute Gasteiger partial charge is 0.450 e. The van der Waals surface area contributed by atoms with E-state index in [1.165, 1.54) is 17.0 Å². The molecule has 138 valence electrons. The summed E-state index contributed by atoms with van der Waals surface area (Å²) in [6.07, 6.45) is 0. The fraction of sp³-hybridized carbons (Fsp3) is 0.238. The van der Waals surface area contributed by atoms with Crippen LogP contribution in [0.25, 0.3) is 11.0 Å². The third-order valence-corrected chi connectivity index (χ3v) is 4.84. The Balaban J connectivity index is 1.97. The lowest BCUT2D eigenvalue weighted by molar-refractivity contribution is 0.0663. The molecule has 1 atom stereocenters. The lowest BCUT2D eigenvalue weighted by Gasteiger charge is -2.24. The van der Waals surface area contributed by atoms with Crippen molar-refractivity contribution in [2.45, 2.75) is 13.0 Å². The molecule has 0 saturated carbocycles. The second-order valence-corrected chi connectivity index (χ2v) is 6.62. The van der Waals surface area contributed by atoms with E-state index in [-0.39, 0.29) is 29.5 Å². The molecule has 0 N–H and O–H groups in total. The first-order chi connectivity index (χ1) is 13.0. The number of fused-ring (bicyclic) bond motifs is 2. The summed E-state index contributed by atoms with van der Waals surface area (Å²) < 4.78 is 24.3. The number of ether oxygens (including phenoxy) is 1. The lowest BCUT2D eigenvalue weighted by Crippen LogP contribution is -2.32. The SMILES string of the molecule is COCCN1C(=O)c2oc3ccc(C)cc3c(=O)c2[C@@H]1c1ccc(F)cc1. The highest BCUT2D eigenvalue weighted by Gasteiger charge is 2.42. The summed E-state index contributed by atoms with van der Waals surface area (Å²) in [6, 6.07) is 10.5. The zero-order chi connectivity index (χ0) is 19.1. The first kappa shape index (κ1) is 17.4.